The predicted octanol–water partition coefficient (Wildman–Crippen LogP) is 1.13. The maximum absolute atomic E-state index is 11.1. The second kappa shape index (κ2) is 5.28. The zero-order chi connectivity index (χ0) is 13.2. The van der Waals surface area contributed by atoms with E-state index >= 15 is 0 Å². The highest BCUT2D eigenvalue weighted by atomic mass is 32.2. The van der Waals surface area contributed by atoms with E-state index in [0.29, 0.717) is 6.54 Å². The molecule has 0 unspecified atom stereocenters. The first-order chi connectivity index (χ1) is 8.44. The maximum atomic E-state index is 11.1. The van der Waals surface area contributed by atoms with Crippen LogP contribution in [0.15, 0.2) is 18.2 Å². The van der Waals surface area contributed by atoms with Gasteiger partial charge in [-0.3, -0.25) is 0 Å². The van der Waals surface area contributed by atoms with Crippen molar-refractivity contribution in [3.63, 3.8) is 0 Å². The summed E-state index contributed by atoms with van der Waals surface area (Å²) in [7, 11) is -0.918. The Balaban J connectivity index is 1.93. The van der Waals surface area contributed by atoms with E-state index in [1.54, 1.807) is 0 Å². The van der Waals surface area contributed by atoms with E-state index in [-0.39, 0.29) is 5.75 Å². The smallest absolute Gasteiger partial charge is 0.148 e. The SMILES string of the molecule is CN(CCS(C)(=O)=O)Cc1ccc2c(c1)CCN2. The Kier molecular flexibility index (Phi) is 3.92. The zero-order valence-electron chi connectivity index (χ0n) is 10.9. The average molecular weight is 268 g/mol. The fraction of sp³-hybridized carbons (Fsp3) is 0.538. The molecule has 0 atom stereocenters. The molecule has 1 aliphatic heterocycles. The number of sulfone groups is 1. The van der Waals surface area contributed by atoms with Gasteiger partial charge in [-0.1, -0.05) is 12.1 Å². The summed E-state index contributed by atoms with van der Waals surface area (Å²) in [5.41, 5.74) is 3.84. The van der Waals surface area contributed by atoms with Crippen LogP contribution in [0.5, 0.6) is 0 Å². The summed E-state index contributed by atoms with van der Waals surface area (Å²) in [6, 6.07) is 6.43. The van der Waals surface area contributed by atoms with Crippen LogP contribution in [0.4, 0.5) is 5.69 Å². The summed E-state index contributed by atoms with van der Waals surface area (Å²) in [5.74, 6) is 0.218. The Labute approximate surface area is 109 Å². The number of hydrogen-bond acceptors (Lipinski definition) is 4. The van der Waals surface area contributed by atoms with Crippen LogP contribution in [0.1, 0.15) is 11.1 Å². The van der Waals surface area contributed by atoms with Crippen molar-refractivity contribution < 1.29 is 8.42 Å². The van der Waals surface area contributed by atoms with Crippen molar-refractivity contribution in [1.29, 1.82) is 0 Å². The molecular formula is C13H20N2O2S. The molecule has 1 aliphatic rings. The van der Waals surface area contributed by atoms with Crippen molar-refractivity contribution >= 4 is 15.5 Å². The number of anilines is 1. The lowest BCUT2D eigenvalue weighted by molar-refractivity contribution is 0.346. The second-order valence-electron chi connectivity index (χ2n) is 5.04. The topological polar surface area (TPSA) is 49.4 Å². The zero-order valence-corrected chi connectivity index (χ0v) is 11.8. The molecule has 4 nitrogen and oxygen atoms in total. The highest BCUT2D eigenvalue weighted by Gasteiger charge is 2.11. The molecule has 2 rings (SSSR count). The first kappa shape index (κ1) is 13.4. The summed E-state index contributed by atoms with van der Waals surface area (Å²) >= 11 is 0. The number of fused-ring (bicyclic) bond motifs is 1. The molecule has 1 heterocycles. The average Bonchev–Trinajstić information content (AvgIpc) is 2.72. The molecule has 0 spiro atoms. The minimum absolute atomic E-state index is 0.218. The van der Waals surface area contributed by atoms with Gasteiger partial charge in [-0.25, -0.2) is 8.42 Å². The van der Waals surface area contributed by atoms with Crippen LogP contribution in [0.2, 0.25) is 0 Å². The Morgan fingerprint density at radius 1 is 1.39 bits per heavy atom. The molecule has 5 heteroatoms. The largest absolute Gasteiger partial charge is 0.384 e. The third-order valence-electron chi connectivity index (χ3n) is 3.18. The predicted molar refractivity (Wildman–Crippen MR) is 74.7 cm³/mol. The van der Waals surface area contributed by atoms with Crippen molar-refractivity contribution in [3.05, 3.63) is 29.3 Å². The molecule has 100 valence electrons. The molecule has 1 aromatic carbocycles. The van der Waals surface area contributed by atoms with Crippen molar-refractivity contribution in [3.8, 4) is 0 Å². The van der Waals surface area contributed by atoms with Gasteiger partial charge < -0.3 is 10.2 Å². The van der Waals surface area contributed by atoms with Gasteiger partial charge in [0.25, 0.3) is 0 Å². The van der Waals surface area contributed by atoms with E-state index in [9.17, 15) is 8.42 Å². The normalized spacial score (nSPS) is 14.6. The van der Waals surface area contributed by atoms with Crippen LogP contribution < -0.4 is 5.32 Å². The molecule has 1 aromatic rings. The van der Waals surface area contributed by atoms with Crippen LogP contribution in [0.25, 0.3) is 0 Å². The van der Waals surface area contributed by atoms with Crippen molar-refractivity contribution in [2.24, 2.45) is 0 Å². The molecule has 0 amide bonds. The Morgan fingerprint density at radius 3 is 2.89 bits per heavy atom. The first-order valence-electron chi connectivity index (χ1n) is 6.16. The number of nitrogens with zero attached hydrogens (tertiary/aromatic N) is 1. The van der Waals surface area contributed by atoms with Gasteiger partial charge in [-0.2, -0.15) is 0 Å². The molecule has 1 N–H and O–H groups in total. The highest BCUT2D eigenvalue weighted by molar-refractivity contribution is 7.90. The van der Waals surface area contributed by atoms with Crippen molar-refractivity contribution in [2.45, 2.75) is 13.0 Å². The monoisotopic (exact) mass is 268 g/mol. The van der Waals surface area contributed by atoms with Gasteiger partial charge in [0.15, 0.2) is 0 Å². The lowest BCUT2D eigenvalue weighted by Crippen LogP contribution is -2.24. The van der Waals surface area contributed by atoms with Crippen LogP contribution in [0.3, 0.4) is 0 Å². The minimum Gasteiger partial charge on any atom is -0.384 e. The molecule has 0 saturated carbocycles. The number of benzene rings is 1. The van der Waals surface area contributed by atoms with E-state index in [0.717, 1.165) is 19.5 Å². The molecule has 0 saturated heterocycles. The van der Waals surface area contributed by atoms with Gasteiger partial charge in [0.05, 0.1) is 5.75 Å². The van der Waals surface area contributed by atoms with E-state index in [2.05, 4.69) is 23.5 Å². The Bertz CT molecular complexity index is 526. The van der Waals surface area contributed by atoms with Crippen LogP contribution in [-0.2, 0) is 22.8 Å². The van der Waals surface area contributed by atoms with E-state index in [1.165, 1.54) is 23.1 Å². The highest BCUT2D eigenvalue weighted by Crippen LogP contribution is 2.23. The Hall–Kier alpha value is -1.07. The van der Waals surface area contributed by atoms with E-state index in [4.69, 9.17) is 0 Å². The third kappa shape index (κ3) is 3.71. The summed E-state index contributed by atoms with van der Waals surface area (Å²) in [5, 5.41) is 3.33. The number of hydrogen-bond donors (Lipinski definition) is 1. The summed E-state index contributed by atoms with van der Waals surface area (Å²) in [4.78, 5) is 2.05. The number of rotatable bonds is 5. The van der Waals surface area contributed by atoms with Gasteiger partial charge in [0.2, 0.25) is 0 Å². The molecular weight excluding hydrogens is 248 g/mol. The van der Waals surface area contributed by atoms with Gasteiger partial charge in [0.1, 0.15) is 9.84 Å². The molecule has 18 heavy (non-hydrogen) atoms. The Morgan fingerprint density at radius 2 is 2.17 bits per heavy atom. The lowest BCUT2D eigenvalue weighted by atomic mass is 10.1. The lowest BCUT2D eigenvalue weighted by Gasteiger charge is -2.16. The van der Waals surface area contributed by atoms with Gasteiger partial charge in [-0.15, -0.1) is 0 Å². The first-order valence-corrected chi connectivity index (χ1v) is 8.22. The quantitative estimate of drug-likeness (QED) is 0.870. The molecule has 0 aliphatic carbocycles. The molecule has 0 aromatic heterocycles. The van der Waals surface area contributed by atoms with Crippen molar-refractivity contribution in [2.75, 3.05) is 37.5 Å². The third-order valence-corrected chi connectivity index (χ3v) is 4.10. The molecule has 0 fully saturated rings. The maximum Gasteiger partial charge on any atom is 0.148 e. The summed E-state index contributed by atoms with van der Waals surface area (Å²) in [6.07, 6.45) is 2.36. The van der Waals surface area contributed by atoms with Crippen LogP contribution >= 0.6 is 0 Å². The van der Waals surface area contributed by atoms with E-state index in [1.807, 2.05) is 11.9 Å². The van der Waals surface area contributed by atoms with Gasteiger partial charge in [0, 0.05) is 31.6 Å². The molecule has 0 radical (unpaired) electrons. The van der Waals surface area contributed by atoms with Crippen LogP contribution in [-0.4, -0.2) is 45.5 Å². The fourth-order valence-corrected chi connectivity index (χ4v) is 2.81. The summed E-state index contributed by atoms with van der Waals surface area (Å²) in [6.45, 7) is 2.39. The van der Waals surface area contributed by atoms with Crippen molar-refractivity contribution in [1.82, 2.24) is 4.90 Å². The second-order valence-corrected chi connectivity index (χ2v) is 7.30. The minimum atomic E-state index is -2.87. The molecule has 0 bridgehead atoms. The summed E-state index contributed by atoms with van der Waals surface area (Å²) < 4.78 is 22.2. The van der Waals surface area contributed by atoms with E-state index < -0.39 is 9.84 Å². The van der Waals surface area contributed by atoms with Gasteiger partial charge in [-0.05, 0) is 30.7 Å². The fourth-order valence-electron chi connectivity index (χ4n) is 2.17. The number of nitrogens with one attached hydrogen (secondary N) is 1. The van der Waals surface area contributed by atoms with Gasteiger partial charge >= 0.3 is 0 Å². The standard InChI is InChI=1S/C13H20N2O2S/c1-15(7-8-18(2,16)17)10-11-3-4-13-12(9-11)5-6-14-13/h3-4,9,14H,5-8,10H2,1-2H3. The van der Waals surface area contributed by atoms with Crippen LogP contribution in [0, 0.1) is 0 Å².